The number of carbonyl (C=O) groups is 5. The van der Waals surface area contributed by atoms with E-state index in [1.165, 1.54) is 43.3 Å². The molecule has 0 aromatic rings. The van der Waals surface area contributed by atoms with Crippen LogP contribution in [-0.4, -0.2) is 140 Å². The molecule has 1 aliphatic carbocycles. The Morgan fingerprint density at radius 3 is 1.60 bits per heavy atom. The maximum atomic E-state index is 12.6. The van der Waals surface area contributed by atoms with E-state index in [0.29, 0.717) is 24.8 Å². The second-order valence-corrected chi connectivity index (χ2v) is 13.0. The maximum Gasteiger partial charge on any atom is 0.317 e. The number of carbonyl (C=O) groups excluding carboxylic acids is 2. The first-order valence-corrected chi connectivity index (χ1v) is 16.2. The van der Waals surface area contributed by atoms with E-state index < -0.39 is 17.9 Å². The second-order valence-electron chi connectivity index (χ2n) is 10.3. The molecule has 0 radical (unpaired) electrons. The van der Waals surface area contributed by atoms with Crippen molar-refractivity contribution in [2.45, 2.75) is 69.3 Å². The lowest BCUT2D eigenvalue weighted by Gasteiger charge is -2.35. The fourth-order valence-corrected chi connectivity index (χ4v) is 7.46. The predicted octanol–water partition coefficient (Wildman–Crippen LogP) is 2.27. The number of hydrogen-bond donors (Lipinski definition) is 3. The molecular formula is C27H47N3O8S2. The molecule has 1 fully saturated rings. The van der Waals surface area contributed by atoms with Crippen molar-refractivity contribution in [1.82, 2.24) is 14.7 Å². The quantitative estimate of drug-likeness (QED) is 0.124. The van der Waals surface area contributed by atoms with Gasteiger partial charge in [0.2, 0.25) is 0 Å². The Kier molecular flexibility index (Phi) is 19.2. The van der Waals surface area contributed by atoms with Gasteiger partial charge >= 0.3 is 17.9 Å². The van der Waals surface area contributed by atoms with Crippen LogP contribution < -0.4 is 0 Å². The molecule has 0 amide bonds. The summed E-state index contributed by atoms with van der Waals surface area (Å²) in [5, 5.41) is 29.0. The average Bonchev–Trinajstić information content (AvgIpc) is 2.83. The highest BCUT2D eigenvalue weighted by molar-refractivity contribution is 8.03. The number of thioether (sulfide) groups is 2. The number of nitrogens with zero attached hydrogens (tertiary/aromatic N) is 3. The summed E-state index contributed by atoms with van der Waals surface area (Å²) in [4.78, 5) is 62.7. The summed E-state index contributed by atoms with van der Waals surface area (Å²) >= 11 is 4.01. The molecule has 40 heavy (non-hydrogen) atoms. The fourth-order valence-electron chi connectivity index (χ4n) is 4.31. The number of aliphatic carboxylic acids is 3. The van der Waals surface area contributed by atoms with Gasteiger partial charge in [0.1, 0.15) is 11.6 Å². The monoisotopic (exact) mass is 605 g/mol. The van der Waals surface area contributed by atoms with E-state index in [4.69, 9.17) is 10.2 Å². The van der Waals surface area contributed by atoms with Crippen LogP contribution in [0.25, 0.3) is 0 Å². The van der Waals surface area contributed by atoms with Gasteiger partial charge in [0, 0.05) is 49.6 Å². The highest BCUT2D eigenvalue weighted by atomic mass is 32.2. The molecule has 0 saturated heterocycles. The van der Waals surface area contributed by atoms with E-state index in [2.05, 4.69) is 18.7 Å². The van der Waals surface area contributed by atoms with Gasteiger partial charge in [-0.05, 0) is 44.1 Å². The molecular weight excluding hydrogens is 558 g/mol. The zero-order valence-corrected chi connectivity index (χ0v) is 25.6. The standard InChI is InChI=1S/C27H47N3O8S2/c1-3-4-15-39-23-7-8-24(23)40-16-5-6-22(32)18-30(20-27(37)38)14-12-28(10-9-25(33)34)11-13-29(17-21(2)31)19-26(35)36/h23-24H,3-20H2,1-2H3,(H,33,34)(H,35,36)(H,37,38). The summed E-state index contributed by atoms with van der Waals surface area (Å²) in [6, 6.07) is 0. The van der Waals surface area contributed by atoms with Gasteiger partial charge in [-0.3, -0.25) is 33.8 Å². The summed E-state index contributed by atoms with van der Waals surface area (Å²) in [5.74, 6) is -1.18. The van der Waals surface area contributed by atoms with Crippen molar-refractivity contribution in [3.05, 3.63) is 0 Å². The topological polar surface area (TPSA) is 156 Å². The van der Waals surface area contributed by atoms with Crippen molar-refractivity contribution in [2.75, 3.05) is 70.4 Å². The van der Waals surface area contributed by atoms with Gasteiger partial charge in [-0.15, -0.1) is 0 Å². The number of rotatable bonds is 26. The molecule has 0 aliphatic heterocycles. The third-order valence-corrected chi connectivity index (χ3v) is 9.79. The minimum atomic E-state index is -1.07. The van der Waals surface area contributed by atoms with E-state index in [0.717, 1.165) is 17.4 Å². The molecule has 1 saturated carbocycles. The lowest BCUT2D eigenvalue weighted by Crippen LogP contribution is -2.44. The Balaban J connectivity index is 2.54. The SMILES string of the molecule is CCCCSC1CCC1SCCCC(=O)CN(CCN(CCC(=O)O)CCN(CC(C)=O)CC(=O)O)CC(=O)O. The molecule has 2 unspecified atom stereocenters. The van der Waals surface area contributed by atoms with Crippen LogP contribution in [0.3, 0.4) is 0 Å². The number of unbranched alkanes of at least 4 members (excludes halogenated alkanes) is 1. The van der Waals surface area contributed by atoms with Crippen LogP contribution in [0.1, 0.15) is 58.8 Å². The van der Waals surface area contributed by atoms with Gasteiger partial charge in [-0.1, -0.05) is 13.3 Å². The minimum absolute atomic E-state index is 0.0120. The van der Waals surface area contributed by atoms with Gasteiger partial charge in [0.15, 0.2) is 0 Å². The summed E-state index contributed by atoms with van der Waals surface area (Å²) in [5.41, 5.74) is 0. The summed E-state index contributed by atoms with van der Waals surface area (Å²) in [6.45, 7) is 4.21. The maximum absolute atomic E-state index is 12.6. The van der Waals surface area contributed by atoms with E-state index in [-0.39, 0.29) is 63.8 Å². The van der Waals surface area contributed by atoms with Gasteiger partial charge in [0.05, 0.1) is 32.6 Å². The lowest BCUT2D eigenvalue weighted by atomic mass is 9.99. The van der Waals surface area contributed by atoms with Crippen molar-refractivity contribution in [3.8, 4) is 0 Å². The number of carboxylic acid groups (broad SMARTS) is 3. The molecule has 230 valence electrons. The molecule has 0 bridgehead atoms. The number of ketones is 2. The summed E-state index contributed by atoms with van der Waals surface area (Å²) in [6.07, 6.45) is 5.98. The summed E-state index contributed by atoms with van der Waals surface area (Å²) < 4.78 is 0. The fraction of sp³-hybridized carbons (Fsp3) is 0.815. The van der Waals surface area contributed by atoms with Crippen molar-refractivity contribution in [2.24, 2.45) is 0 Å². The number of carboxylic acids is 3. The highest BCUT2D eigenvalue weighted by Gasteiger charge is 2.31. The Hall–Kier alpha value is -1.67. The molecule has 0 aromatic carbocycles. The largest absolute Gasteiger partial charge is 0.481 e. The molecule has 0 spiro atoms. The molecule has 0 heterocycles. The second kappa shape index (κ2) is 21.1. The van der Waals surface area contributed by atoms with Crippen LogP contribution >= 0.6 is 23.5 Å². The van der Waals surface area contributed by atoms with Gasteiger partial charge in [-0.25, -0.2) is 0 Å². The number of hydrogen-bond acceptors (Lipinski definition) is 10. The van der Waals surface area contributed by atoms with Crippen molar-refractivity contribution in [3.63, 3.8) is 0 Å². The predicted molar refractivity (Wildman–Crippen MR) is 158 cm³/mol. The molecule has 1 rings (SSSR count). The van der Waals surface area contributed by atoms with Crippen LogP contribution in [0.4, 0.5) is 0 Å². The first kappa shape index (κ1) is 36.4. The zero-order chi connectivity index (χ0) is 29.9. The first-order valence-electron chi connectivity index (χ1n) is 14.1. The zero-order valence-electron chi connectivity index (χ0n) is 23.9. The molecule has 11 nitrogen and oxygen atoms in total. The van der Waals surface area contributed by atoms with Crippen LogP contribution in [0, 0.1) is 0 Å². The van der Waals surface area contributed by atoms with Crippen LogP contribution in [0.15, 0.2) is 0 Å². The Morgan fingerprint density at radius 1 is 0.650 bits per heavy atom. The third-order valence-electron chi connectivity index (χ3n) is 6.58. The molecule has 0 aromatic heterocycles. The minimum Gasteiger partial charge on any atom is -0.481 e. The van der Waals surface area contributed by atoms with Gasteiger partial charge in [0.25, 0.3) is 0 Å². The lowest BCUT2D eigenvalue weighted by molar-refractivity contribution is -0.139. The van der Waals surface area contributed by atoms with Crippen LogP contribution in [-0.2, 0) is 24.0 Å². The van der Waals surface area contributed by atoms with Crippen molar-refractivity contribution in [1.29, 1.82) is 0 Å². The first-order chi connectivity index (χ1) is 19.0. The van der Waals surface area contributed by atoms with E-state index in [1.54, 1.807) is 9.80 Å². The van der Waals surface area contributed by atoms with E-state index in [9.17, 15) is 29.1 Å². The van der Waals surface area contributed by atoms with Crippen molar-refractivity contribution < 1.29 is 39.3 Å². The Morgan fingerprint density at radius 2 is 1.15 bits per heavy atom. The average molecular weight is 606 g/mol. The van der Waals surface area contributed by atoms with E-state index in [1.807, 2.05) is 11.8 Å². The van der Waals surface area contributed by atoms with Gasteiger partial charge < -0.3 is 20.2 Å². The normalized spacial score (nSPS) is 16.8. The Labute approximate surface area is 246 Å². The van der Waals surface area contributed by atoms with Gasteiger partial charge in [-0.2, -0.15) is 23.5 Å². The van der Waals surface area contributed by atoms with Crippen molar-refractivity contribution >= 4 is 53.0 Å². The number of Topliss-reactive ketones (excluding diaryl/α,β-unsaturated/α-hetero) is 2. The van der Waals surface area contributed by atoms with Crippen LogP contribution in [0.5, 0.6) is 0 Å². The molecule has 1 aliphatic rings. The summed E-state index contributed by atoms with van der Waals surface area (Å²) in [7, 11) is 0. The molecule has 2 atom stereocenters. The smallest absolute Gasteiger partial charge is 0.317 e. The highest BCUT2D eigenvalue weighted by Crippen LogP contribution is 2.40. The molecule has 13 heteroatoms. The van der Waals surface area contributed by atoms with Crippen LogP contribution in [0.2, 0.25) is 0 Å². The Bertz CT molecular complexity index is 801. The van der Waals surface area contributed by atoms with E-state index >= 15 is 0 Å². The third kappa shape index (κ3) is 17.9. The molecule has 3 N–H and O–H groups in total.